The summed E-state index contributed by atoms with van der Waals surface area (Å²) < 4.78 is 7.46. The van der Waals surface area contributed by atoms with Crippen molar-refractivity contribution in [3.8, 4) is 0 Å². The summed E-state index contributed by atoms with van der Waals surface area (Å²) >= 11 is 0. The number of carbonyl (C=O) groups is 1. The minimum atomic E-state index is 0.0808. The van der Waals surface area contributed by atoms with Gasteiger partial charge in [-0.15, -0.1) is 0 Å². The summed E-state index contributed by atoms with van der Waals surface area (Å²) in [4.78, 5) is 14.7. The molecule has 2 aliphatic rings. The Bertz CT molecular complexity index is 721. The summed E-state index contributed by atoms with van der Waals surface area (Å²) in [7, 11) is 1.71. The van der Waals surface area contributed by atoms with Crippen LogP contribution >= 0.6 is 0 Å². The van der Waals surface area contributed by atoms with Crippen molar-refractivity contribution in [2.45, 2.75) is 31.8 Å². The zero-order valence-corrected chi connectivity index (χ0v) is 14.0. The van der Waals surface area contributed by atoms with Gasteiger partial charge in [-0.2, -0.15) is 5.10 Å². The number of rotatable bonds is 5. The average molecular weight is 325 g/mol. The Morgan fingerprint density at radius 1 is 1.29 bits per heavy atom. The van der Waals surface area contributed by atoms with Gasteiger partial charge >= 0.3 is 0 Å². The number of ether oxygens (including phenoxy) is 1. The van der Waals surface area contributed by atoms with Crippen molar-refractivity contribution in [1.82, 2.24) is 14.7 Å². The highest BCUT2D eigenvalue weighted by molar-refractivity contribution is 5.94. The predicted molar refractivity (Wildman–Crippen MR) is 90.8 cm³/mol. The molecule has 1 aliphatic carbocycles. The molecule has 5 heteroatoms. The van der Waals surface area contributed by atoms with Gasteiger partial charge in [0.1, 0.15) is 0 Å². The summed E-state index contributed by atoms with van der Waals surface area (Å²) in [5.41, 5.74) is 3.00. The molecule has 1 saturated carbocycles. The predicted octanol–water partition coefficient (Wildman–Crippen LogP) is 2.68. The van der Waals surface area contributed by atoms with E-state index in [0.29, 0.717) is 19.7 Å². The third-order valence-electron chi connectivity index (χ3n) is 4.88. The molecule has 1 aromatic heterocycles. The van der Waals surface area contributed by atoms with Crippen molar-refractivity contribution in [2.24, 2.45) is 5.92 Å². The number of methoxy groups -OCH3 is 1. The Morgan fingerprint density at radius 3 is 2.79 bits per heavy atom. The van der Waals surface area contributed by atoms with E-state index >= 15 is 0 Å². The second-order valence-corrected chi connectivity index (χ2v) is 6.91. The number of fused-ring (bicyclic) bond motifs is 1. The van der Waals surface area contributed by atoms with E-state index in [0.717, 1.165) is 29.3 Å². The van der Waals surface area contributed by atoms with Gasteiger partial charge in [-0.05, 0) is 30.9 Å². The van der Waals surface area contributed by atoms with Gasteiger partial charge in [0.2, 0.25) is 0 Å². The molecule has 2 aromatic rings. The fourth-order valence-corrected chi connectivity index (χ4v) is 3.48. The van der Waals surface area contributed by atoms with Crippen LogP contribution in [0.3, 0.4) is 0 Å². The third kappa shape index (κ3) is 3.08. The van der Waals surface area contributed by atoms with E-state index in [2.05, 4.69) is 10.9 Å². The van der Waals surface area contributed by atoms with Crippen LogP contribution in [0.1, 0.15) is 40.4 Å². The topological polar surface area (TPSA) is 47.4 Å². The summed E-state index contributed by atoms with van der Waals surface area (Å²) in [6, 6.07) is 9.49. The van der Waals surface area contributed by atoms with E-state index in [1.807, 2.05) is 35.2 Å². The van der Waals surface area contributed by atoms with Crippen LogP contribution in [-0.2, 0) is 17.8 Å². The van der Waals surface area contributed by atoms with Crippen LogP contribution in [0, 0.1) is 5.92 Å². The lowest BCUT2D eigenvalue weighted by atomic mass is 9.96. The van der Waals surface area contributed by atoms with E-state index in [9.17, 15) is 4.79 Å². The summed E-state index contributed by atoms with van der Waals surface area (Å²) in [6.07, 6.45) is 4.75. The SMILES string of the molecule is COC[C@@H]1CN(C(=O)c2ccccc2)Cc2cn(CC3CC3)nc21. The number of hydrogen-bond donors (Lipinski definition) is 0. The molecule has 5 nitrogen and oxygen atoms in total. The Balaban J connectivity index is 1.58. The molecule has 4 rings (SSSR count). The van der Waals surface area contributed by atoms with Gasteiger partial charge in [-0.1, -0.05) is 18.2 Å². The molecule has 2 heterocycles. The van der Waals surface area contributed by atoms with Gasteiger partial charge in [0.25, 0.3) is 5.91 Å². The maximum atomic E-state index is 12.8. The highest BCUT2D eigenvalue weighted by Gasteiger charge is 2.32. The monoisotopic (exact) mass is 325 g/mol. The van der Waals surface area contributed by atoms with Crippen molar-refractivity contribution in [2.75, 3.05) is 20.3 Å². The van der Waals surface area contributed by atoms with Crippen molar-refractivity contribution in [3.63, 3.8) is 0 Å². The Hall–Kier alpha value is -2.14. The lowest BCUT2D eigenvalue weighted by molar-refractivity contribution is 0.0678. The highest BCUT2D eigenvalue weighted by Crippen LogP contribution is 2.33. The number of carbonyl (C=O) groups excluding carboxylic acids is 1. The van der Waals surface area contributed by atoms with Gasteiger partial charge < -0.3 is 9.64 Å². The lowest BCUT2D eigenvalue weighted by Crippen LogP contribution is -2.39. The molecule has 1 aliphatic heterocycles. The summed E-state index contributed by atoms with van der Waals surface area (Å²) in [5, 5.41) is 4.80. The van der Waals surface area contributed by atoms with Crippen LogP contribution in [0.25, 0.3) is 0 Å². The van der Waals surface area contributed by atoms with Crippen LogP contribution < -0.4 is 0 Å². The maximum Gasteiger partial charge on any atom is 0.254 e. The molecule has 0 unspecified atom stereocenters. The molecule has 0 spiro atoms. The highest BCUT2D eigenvalue weighted by atomic mass is 16.5. The molecular formula is C19H23N3O2. The van der Waals surface area contributed by atoms with Crippen molar-refractivity contribution in [3.05, 3.63) is 53.3 Å². The number of amides is 1. The fraction of sp³-hybridized carbons (Fsp3) is 0.474. The first kappa shape index (κ1) is 15.4. The minimum absolute atomic E-state index is 0.0808. The minimum Gasteiger partial charge on any atom is -0.384 e. The number of nitrogens with zero attached hydrogens (tertiary/aromatic N) is 3. The second kappa shape index (κ2) is 6.40. The van der Waals surface area contributed by atoms with Crippen LogP contribution in [-0.4, -0.2) is 40.8 Å². The van der Waals surface area contributed by atoms with Crippen LogP contribution in [0.15, 0.2) is 36.5 Å². The van der Waals surface area contributed by atoms with Gasteiger partial charge in [0.15, 0.2) is 0 Å². The molecule has 24 heavy (non-hydrogen) atoms. The normalized spacial score (nSPS) is 20.0. The van der Waals surface area contributed by atoms with Crippen molar-refractivity contribution in [1.29, 1.82) is 0 Å². The largest absolute Gasteiger partial charge is 0.384 e. The Morgan fingerprint density at radius 2 is 2.08 bits per heavy atom. The molecule has 1 amide bonds. The van der Waals surface area contributed by atoms with Crippen LogP contribution in [0.2, 0.25) is 0 Å². The van der Waals surface area contributed by atoms with Crippen LogP contribution in [0.5, 0.6) is 0 Å². The van der Waals surface area contributed by atoms with Gasteiger partial charge in [0, 0.05) is 50.0 Å². The summed E-state index contributed by atoms with van der Waals surface area (Å²) in [6.45, 7) is 2.88. The van der Waals surface area contributed by atoms with E-state index in [4.69, 9.17) is 9.84 Å². The van der Waals surface area contributed by atoms with Gasteiger partial charge in [-0.25, -0.2) is 0 Å². The number of aromatic nitrogens is 2. The molecule has 1 aromatic carbocycles. The maximum absolute atomic E-state index is 12.8. The standard InChI is InChI=1S/C19H23N3O2/c1-24-13-17-11-21(19(23)15-5-3-2-4-6-15)10-16-12-22(20-18(16)17)9-14-7-8-14/h2-6,12,14,17H,7-11,13H2,1H3/t17-/m0/s1. The van der Waals surface area contributed by atoms with E-state index < -0.39 is 0 Å². The summed E-state index contributed by atoms with van der Waals surface area (Å²) in [5.74, 6) is 1.01. The van der Waals surface area contributed by atoms with E-state index in [1.165, 1.54) is 12.8 Å². The first-order chi connectivity index (χ1) is 11.7. The zero-order chi connectivity index (χ0) is 16.5. The Kier molecular flexibility index (Phi) is 4.10. The molecule has 0 saturated heterocycles. The van der Waals surface area contributed by atoms with Gasteiger partial charge in [-0.3, -0.25) is 9.48 Å². The molecule has 126 valence electrons. The first-order valence-corrected chi connectivity index (χ1v) is 8.64. The van der Waals surface area contributed by atoms with Gasteiger partial charge in [0.05, 0.1) is 12.3 Å². The number of benzene rings is 1. The zero-order valence-electron chi connectivity index (χ0n) is 14.0. The molecule has 0 radical (unpaired) electrons. The molecular weight excluding hydrogens is 302 g/mol. The molecule has 1 atom stereocenters. The third-order valence-corrected chi connectivity index (χ3v) is 4.88. The van der Waals surface area contributed by atoms with E-state index in [1.54, 1.807) is 7.11 Å². The smallest absolute Gasteiger partial charge is 0.254 e. The molecule has 0 N–H and O–H groups in total. The Labute approximate surface area is 142 Å². The fourth-order valence-electron chi connectivity index (χ4n) is 3.48. The average Bonchev–Trinajstić information content (AvgIpc) is 3.32. The number of hydrogen-bond acceptors (Lipinski definition) is 3. The van der Waals surface area contributed by atoms with Crippen molar-refractivity contribution >= 4 is 5.91 Å². The lowest BCUT2D eigenvalue weighted by Gasteiger charge is -2.31. The first-order valence-electron chi connectivity index (χ1n) is 8.64. The molecule has 0 bridgehead atoms. The van der Waals surface area contributed by atoms with E-state index in [-0.39, 0.29) is 11.8 Å². The van der Waals surface area contributed by atoms with Crippen molar-refractivity contribution < 1.29 is 9.53 Å². The quantitative estimate of drug-likeness (QED) is 0.849. The second-order valence-electron chi connectivity index (χ2n) is 6.91. The molecule has 1 fully saturated rings. The van der Waals surface area contributed by atoms with Crippen LogP contribution in [0.4, 0.5) is 0 Å².